The molecule has 1 aromatic rings. The molecule has 0 aliphatic heterocycles. The molecule has 112 valence electrons. The van der Waals surface area contributed by atoms with Crippen LogP contribution < -0.4 is 4.72 Å². The fourth-order valence-corrected chi connectivity index (χ4v) is 2.75. The first-order valence-electron chi connectivity index (χ1n) is 6.24. The van der Waals surface area contributed by atoms with Crippen LogP contribution in [0.1, 0.15) is 26.3 Å². The lowest BCUT2D eigenvalue weighted by Gasteiger charge is -2.22. The molecule has 0 aliphatic rings. The Kier molecular flexibility index (Phi) is 5.79. The molecule has 0 aliphatic carbocycles. The van der Waals surface area contributed by atoms with Crippen molar-refractivity contribution in [2.75, 3.05) is 11.3 Å². The second-order valence-electron chi connectivity index (χ2n) is 5.34. The van der Waals surface area contributed by atoms with Crippen molar-refractivity contribution in [3.05, 3.63) is 40.4 Å². The van der Waals surface area contributed by atoms with Gasteiger partial charge < -0.3 is 5.11 Å². The van der Waals surface area contributed by atoms with E-state index in [1.54, 1.807) is 45.1 Å². The average Bonchev–Trinajstić information content (AvgIpc) is 2.31. The molecule has 0 heterocycles. The van der Waals surface area contributed by atoms with Gasteiger partial charge in [-0.1, -0.05) is 34.1 Å². The third kappa shape index (κ3) is 4.33. The topological polar surface area (TPSA) is 66.4 Å². The van der Waals surface area contributed by atoms with Gasteiger partial charge in [0.2, 0.25) is 10.0 Å². The number of anilines is 1. The van der Waals surface area contributed by atoms with E-state index >= 15 is 0 Å². The fourth-order valence-electron chi connectivity index (χ4n) is 1.44. The standard InChI is InChI=1S/C14H20BrNO3S/c1-14(2,3)20(18,19)16-13-9-6-8-12(15)11(13)7-4-5-10-17/h4-6,8-9,16-17H,7,10H2,1-3H3/b5-4+. The summed E-state index contributed by atoms with van der Waals surface area (Å²) < 4.78 is 27.0. The van der Waals surface area contributed by atoms with Gasteiger partial charge in [-0.2, -0.15) is 0 Å². The Labute approximate surface area is 129 Å². The number of halogens is 1. The molecule has 1 aromatic carbocycles. The largest absolute Gasteiger partial charge is 0.392 e. The van der Waals surface area contributed by atoms with Crippen molar-refractivity contribution in [1.82, 2.24) is 0 Å². The molecule has 0 atom stereocenters. The maximum absolute atomic E-state index is 12.2. The van der Waals surface area contributed by atoms with Gasteiger partial charge >= 0.3 is 0 Å². The van der Waals surface area contributed by atoms with Crippen molar-refractivity contribution in [3.8, 4) is 0 Å². The maximum Gasteiger partial charge on any atom is 0.237 e. The van der Waals surface area contributed by atoms with Crippen LogP contribution >= 0.6 is 15.9 Å². The van der Waals surface area contributed by atoms with Crippen LogP contribution in [0.25, 0.3) is 0 Å². The minimum absolute atomic E-state index is 0.0342. The molecular formula is C14H20BrNO3S. The van der Waals surface area contributed by atoms with Crippen LogP contribution in [-0.2, 0) is 16.4 Å². The molecule has 2 N–H and O–H groups in total. The first kappa shape index (κ1) is 17.2. The highest BCUT2D eigenvalue weighted by Crippen LogP contribution is 2.28. The molecule has 20 heavy (non-hydrogen) atoms. The Morgan fingerprint density at radius 2 is 1.95 bits per heavy atom. The number of benzene rings is 1. The number of aliphatic hydroxyl groups excluding tert-OH is 1. The molecule has 0 aromatic heterocycles. The molecule has 0 saturated carbocycles. The highest BCUT2D eigenvalue weighted by Gasteiger charge is 2.29. The lowest BCUT2D eigenvalue weighted by Crippen LogP contribution is -2.34. The van der Waals surface area contributed by atoms with E-state index in [9.17, 15) is 8.42 Å². The third-order valence-electron chi connectivity index (χ3n) is 2.76. The van der Waals surface area contributed by atoms with Crippen molar-refractivity contribution in [2.45, 2.75) is 31.9 Å². The number of hydrogen-bond donors (Lipinski definition) is 2. The summed E-state index contributed by atoms with van der Waals surface area (Å²) in [4.78, 5) is 0. The normalized spacial score (nSPS) is 12.8. The molecule has 0 bridgehead atoms. The number of rotatable bonds is 5. The molecule has 0 fully saturated rings. The number of allylic oxidation sites excluding steroid dienone is 1. The van der Waals surface area contributed by atoms with E-state index < -0.39 is 14.8 Å². The van der Waals surface area contributed by atoms with Crippen molar-refractivity contribution >= 4 is 31.6 Å². The number of hydrogen-bond acceptors (Lipinski definition) is 3. The van der Waals surface area contributed by atoms with Gasteiger partial charge in [0, 0.05) is 4.47 Å². The molecule has 1 rings (SSSR count). The fraction of sp³-hybridized carbons (Fsp3) is 0.429. The predicted molar refractivity (Wildman–Crippen MR) is 86.4 cm³/mol. The summed E-state index contributed by atoms with van der Waals surface area (Å²) >= 11 is 3.43. The Balaban J connectivity index is 3.13. The van der Waals surface area contributed by atoms with E-state index in [0.717, 1.165) is 10.0 Å². The average molecular weight is 362 g/mol. The van der Waals surface area contributed by atoms with Crippen LogP contribution in [-0.4, -0.2) is 24.9 Å². The van der Waals surface area contributed by atoms with Gasteiger partial charge in [-0.3, -0.25) is 4.72 Å². The minimum atomic E-state index is -3.46. The second kappa shape index (κ2) is 6.74. The Bertz CT molecular complexity index is 589. The number of aliphatic hydroxyl groups is 1. The molecule has 4 nitrogen and oxygen atoms in total. The summed E-state index contributed by atoms with van der Waals surface area (Å²) in [6.07, 6.45) is 3.96. The Morgan fingerprint density at radius 1 is 1.30 bits per heavy atom. The molecule has 0 spiro atoms. The van der Waals surface area contributed by atoms with Gasteiger partial charge in [-0.05, 0) is 44.9 Å². The van der Waals surface area contributed by atoms with Crippen molar-refractivity contribution in [3.63, 3.8) is 0 Å². The van der Waals surface area contributed by atoms with E-state index in [1.807, 2.05) is 6.07 Å². The van der Waals surface area contributed by atoms with Crippen LogP contribution in [0.15, 0.2) is 34.8 Å². The first-order chi connectivity index (χ1) is 9.19. The predicted octanol–water partition coefficient (Wildman–Crippen LogP) is 3.08. The Morgan fingerprint density at radius 3 is 2.50 bits per heavy atom. The smallest absolute Gasteiger partial charge is 0.237 e. The van der Waals surface area contributed by atoms with Crippen LogP contribution in [0.5, 0.6) is 0 Å². The van der Waals surface area contributed by atoms with E-state index in [4.69, 9.17) is 5.11 Å². The van der Waals surface area contributed by atoms with Gasteiger partial charge in [-0.15, -0.1) is 0 Å². The lowest BCUT2D eigenvalue weighted by molar-refractivity contribution is 0.342. The molecule has 0 saturated heterocycles. The van der Waals surface area contributed by atoms with Crippen LogP contribution in [0.4, 0.5) is 5.69 Å². The molecular weight excluding hydrogens is 342 g/mol. The molecule has 0 radical (unpaired) electrons. The highest BCUT2D eigenvalue weighted by molar-refractivity contribution is 9.10. The monoisotopic (exact) mass is 361 g/mol. The molecule has 0 unspecified atom stereocenters. The summed E-state index contributed by atoms with van der Waals surface area (Å²) in [5, 5.41) is 8.77. The van der Waals surface area contributed by atoms with Crippen molar-refractivity contribution in [1.29, 1.82) is 0 Å². The molecule has 6 heteroatoms. The summed E-state index contributed by atoms with van der Waals surface area (Å²) in [6, 6.07) is 5.37. The maximum atomic E-state index is 12.2. The van der Waals surface area contributed by atoms with Gasteiger partial charge in [0.1, 0.15) is 0 Å². The Hall–Kier alpha value is -0.850. The summed E-state index contributed by atoms with van der Waals surface area (Å²) in [7, 11) is -3.46. The van der Waals surface area contributed by atoms with E-state index in [-0.39, 0.29) is 6.61 Å². The lowest BCUT2D eigenvalue weighted by atomic mass is 10.1. The first-order valence-corrected chi connectivity index (χ1v) is 8.52. The van der Waals surface area contributed by atoms with Gasteiger partial charge in [-0.25, -0.2) is 8.42 Å². The quantitative estimate of drug-likeness (QED) is 0.791. The van der Waals surface area contributed by atoms with Gasteiger partial charge in [0.25, 0.3) is 0 Å². The zero-order chi connectivity index (χ0) is 15.4. The summed E-state index contributed by atoms with van der Waals surface area (Å²) in [5.41, 5.74) is 1.39. The SMILES string of the molecule is CC(C)(C)S(=O)(=O)Nc1cccc(Br)c1C/C=C/CO. The minimum Gasteiger partial charge on any atom is -0.392 e. The third-order valence-corrected chi connectivity index (χ3v) is 5.61. The summed E-state index contributed by atoms with van der Waals surface area (Å²) in [6.45, 7) is 4.92. The number of sulfonamides is 1. The number of nitrogens with one attached hydrogen (secondary N) is 1. The molecule has 0 amide bonds. The van der Waals surface area contributed by atoms with Gasteiger partial charge in [0.05, 0.1) is 17.0 Å². The van der Waals surface area contributed by atoms with E-state index in [0.29, 0.717) is 12.1 Å². The van der Waals surface area contributed by atoms with Crippen LogP contribution in [0, 0.1) is 0 Å². The second-order valence-corrected chi connectivity index (χ2v) is 8.63. The van der Waals surface area contributed by atoms with E-state index in [2.05, 4.69) is 20.7 Å². The zero-order valence-electron chi connectivity index (χ0n) is 11.9. The zero-order valence-corrected chi connectivity index (χ0v) is 14.3. The highest BCUT2D eigenvalue weighted by atomic mass is 79.9. The summed E-state index contributed by atoms with van der Waals surface area (Å²) in [5.74, 6) is 0. The van der Waals surface area contributed by atoms with Crippen molar-refractivity contribution < 1.29 is 13.5 Å². The van der Waals surface area contributed by atoms with Crippen LogP contribution in [0.3, 0.4) is 0 Å². The van der Waals surface area contributed by atoms with E-state index in [1.165, 1.54) is 0 Å². The van der Waals surface area contributed by atoms with Crippen molar-refractivity contribution in [2.24, 2.45) is 0 Å². The van der Waals surface area contributed by atoms with Gasteiger partial charge in [0.15, 0.2) is 0 Å². The van der Waals surface area contributed by atoms with Crippen LogP contribution in [0.2, 0.25) is 0 Å².